The number of carboxylic acid groups (broad SMARTS) is 1. The Morgan fingerprint density at radius 1 is 1.45 bits per heavy atom. The summed E-state index contributed by atoms with van der Waals surface area (Å²) in [5.74, 6) is -0.322. The van der Waals surface area contributed by atoms with Crippen LogP contribution in [0.2, 0.25) is 0 Å². The van der Waals surface area contributed by atoms with Crippen LogP contribution in [0.4, 0.5) is 5.69 Å². The van der Waals surface area contributed by atoms with Gasteiger partial charge in [-0.05, 0) is 38.7 Å². The van der Waals surface area contributed by atoms with Crippen molar-refractivity contribution in [2.45, 2.75) is 26.7 Å². The number of aromatic nitrogens is 1. The van der Waals surface area contributed by atoms with Gasteiger partial charge in [0.1, 0.15) is 5.56 Å². The van der Waals surface area contributed by atoms with Gasteiger partial charge in [0, 0.05) is 32.5 Å². The number of anilines is 1. The molecular formula is C15H22N2O3. The third-order valence-corrected chi connectivity index (χ3v) is 3.88. The second-order valence-electron chi connectivity index (χ2n) is 5.43. The molecule has 1 saturated heterocycles. The Balaban J connectivity index is 2.23. The van der Waals surface area contributed by atoms with E-state index in [1.165, 1.54) is 0 Å². The Bertz CT molecular complexity index is 494. The summed E-state index contributed by atoms with van der Waals surface area (Å²) in [7, 11) is 1.73. The van der Waals surface area contributed by atoms with Crippen LogP contribution in [0.15, 0.2) is 6.07 Å². The number of hydrogen-bond acceptors (Lipinski definition) is 4. The van der Waals surface area contributed by atoms with Gasteiger partial charge in [-0.25, -0.2) is 4.79 Å². The Hall–Kier alpha value is -1.62. The number of carboxylic acids is 1. The van der Waals surface area contributed by atoms with E-state index >= 15 is 0 Å². The highest BCUT2D eigenvalue weighted by molar-refractivity contribution is 5.95. The van der Waals surface area contributed by atoms with E-state index in [1.54, 1.807) is 14.0 Å². The number of carbonyl (C=O) groups is 1. The molecule has 1 aliphatic rings. The van der Waals surface area contributed by atoms with E-state index in [4.69, 9.17) is 4.74 Å². The zero-order valence-electron chi connectivity index (χ0n) is 12.3. The minimum atomic E-state index is -0.899. The highest BCUT2D eigenvalue weighted by Crippen LogP contribution is 2.28. The molecule has 2 rings (SSSR count). The minimum Gasteiger partial charge on any atom is -0.478 e. The Labute approximate surface area is 119 Å². The van der Waals surface area contributed by atoms with Crippen molar-refractivity contribution in [3.8, 4) is 0 Å². The van der Waals surface area contributed by atoms with Crippen molar-refractivity contribution in [1.29, 1.82) is 0 Å². The molecule has 1 fully saturated rings. The van der Waals surface area contributed by atoms with E-state index in [9.17, 15) is 9.90 Å². The number of hydrogen-bond donors (Lipinski definition) is 1. The lowest BCUT2D eigenvalue weighted by Gasteiger charge is -2.34. The number of aryl methyl sites for hydroxylation is 2. The second kappa shape index (κ2) is 6.22. The quantitative estimate of drug-likeness (QED) is 0.915. The van der Waals surface area contributed by atoms with Crippen molar-refractivity contribution >= 4 is 11.7 Å². The van der Waals surface area contributed by atoms with Crippen molar-refractivity contribution in [2.24, 2.45) is 5.92 Å². The molecule has 0 amide bonds. The zero-order chi connectivity index (χ0) is 14.7. The van der Waals surface area contributed by atoms with Gasteiger partial charge in [-0.15, -0.1) is 0 Å². The van der Waals surface area contributed by atoms with E-state index in [2.05, 4.69) is 9.88 Å². The average molecular weight is 278 g/mol. The summed E-state index contributed by atoms with van der Waals surface area (Å²) in [6.45, 7) is 6.19. The van der Waals surface area contributed by atoms with Crippen LogP contribution in [0.5, 0.6) is 0 Å². The number of piperidine rings is 1. The lowest BCUT2D eigenvalue weighted by atomic mass is 9.96. The Morgan fingerprint density at radius 3 is 2.65 bits per heavy atom. The number of aromatic carboxylic acids is 1. The maximum atomic E-state index is 11.5. The van der Waals surface area contributed by atoms with Crippen molar-refractivity contribution in [2.75, 3.05) is 31.7 Å². The second-order valence-corrected chi connectivity index (χ2v) is 5.43. The van der Waals surface area contributed by atoms with Crippen LogP contribution in [0.25, 0.3) is 0 Å². The van der Waals surface area contributed by atoms with E-state index in [0.29, 0.717) is 17.2 Å². The molecule has 110 valence electrons. The summed E-state index contributed by atoms with van der Waals surface area (Å²) in [5, 5.41) is 9.42. The van der Waals surface area contributed by atoms with Gasteiger partial charge >= 0.3 is 5.97 Å². The monoisotopic (exact) mass is 278 g/mol. The van der Waals surface area contributed by atoms with Crippen molar-refractivity contribution in [3.05, 3.63) is 23.0 Å². The van der Waals surface area contributed by atoms with Crippen LogP contribution in [0, 0.1) is 19.8 Å². The molecule has 0 saturated carbocycles. The van der Waals surface area contributed by atoms with Crippen molar-refractivity contribution in [1.82, 2.24) is 4.98 Å². The van der Waals surface area contributed by atoms with E-state index in [-0.39, 0.29) is 0 Å². The predicted octanol–water partition coefficient (Wildman–Crippen LogP) is 2.26. The van der Waals surface area contributed by atoms with Crippen LogP contribution in [-0.2, 0) is 4.74 Å². The molecule has 0 atom stereocenters. The van der Waals surface area contributed by atoms with Crippen LogP contribution in [0.1, 0.15) is 34.6 Å². The summed E-state index contributed by atoms with van der Waals surface area (Å²) < 4.78 is 5.20. The van der Waals surface area contributed by atoms with Gasteiger partial charge in [0.25, 0.3) is 0 Å². The molecule has 0 bridgehead atoms. The molecule has 1 aromatic rings. The molecule has 0 aliphatic carbocycles. The average Bonchev–Trinajstić information content (AvgIpc) is 2.38. The van der Waals surface area contributed by atoms with Crippen LogP contribution < -0.4 is 4.90 Å². The van der Waals surface area contributed by atoms with Gasteiger partial charge in [-0.3, -0.25) is 4.98 Å². The molecule has 0 radical (unpaired) electrons. The maximum Gasteiger partial charge on any atom is 0.339 e. The van der Waals surface area contributed by atoms with Gasteiger partial charge in [0.05, 0.1) is 11.4 Å². The number of pyridine rings is 1. The molecule has 0 unspecified atom stereocenters. The molecular weight excluding hydrogens is 256 g/mol. The summed E-state index contributed by atoms with van der Waals surface area (Å²) in [6, 6.07) is 1.88. The first kappa shape index (κ1) is 14.8. The molecule has 20 heavy (non-hydrogen) atoms. The zero-order valence-corrected chi connectivity index (χ0v) is 12.3. The van der Waals surface area contributed by atoms with Crippen molar-refractivity contribution in [3.63, 3.8) is 0 Å². The minimum absolute atomic E-state index is 0.334. The van der Waals surface area contributed by atoms with Gasteiger partial charge in [-0.1, -0.05) is 0 Å². The molecule has 1 aliphatic heterocycles. The molecule has 5 heteroatoms. The standard InChI is InChI=1S/C15H22N2O3/c1-10-8-13(14(15(18)19)11(2)16-10)17-6-4-12(5-7-17)9-20-3/h8,12H,4-7,9H2,1-3H3,(H,18,19). The van der Waals surface area contributed by atoms with Gasteiger partial charge < -0.3 is 14.7 Å². The number of ether oxygens (including phenoxy) is 1. The number of rotatable bonds is 4. The molecule has 1 N–H and O–H groups in total. The Kier molecular flexibility index (Phi) is 4.60. The van der Waals surface area contributed by atoms with Crippen molar-refractivity contribution < 1.29 is 14.6 Å². The first-order valence-electron chi connectivity index (χ1n) is 6.98. The number of nitrogens with zero attached hydrogens (tertiary/aromatic N) is 2. The lowest BCUT2D eigenvalue weighted by Crippen LogP contribution is -2.36. The van der Waals surface area contributed by atoms with E-state index < -0.39 is 5.97 Å². The van der Waals surface area contributed by atoms with Gasteiger partial charge in [-0.2, -0.15) is 0 Å². The molecule has 0 aromatic carbocycles. The first-order chi connectivity index (χ1) is 9.52. The highest BCUT2D eigenvalue weighted by atomic mass is 16.5. The van der Waals surface area contributed by atoms with Crippen LogP contribution in [-0.4, -0.2) is 42.9 Å². The fraction of sp³-hybridized carbons (Fsp3) is 0.600. The summed E-state index contributed by atoms with van der Waals surface area (Å²) >= 11 is 0. The van der Waals surface area contributed by atoms with Crippen LogP contribution >= 0.6 is 0 Å². The Morgan fingerprint density at radius 2 is 2.10 bits per heavy atom. The molecule has 1 aromatic heterocycles. The fourth-order valence-corrected chi connectivity index (χ4v) is 2.90. The third-order valence-electron chi connectivity index (χ3n) is 3.88. The smallest absolute Gasteiger partial charge is 0.339 e. The summed E-state index contributed by atoms with van der Waals surface area (Å²) in [5.41, 5.74) is 2.59. The normalized spacial score (nSPS) is 16.4. The SMILES string of the molecule is COCC1CCN(c2cc(C)nc(C)c2C(=O)O)CC1. The van der Waals surface area contributed by atoms with Gasteiger partial charge in [0.15, 0.2) is 0 Å². The fourth-order valence-electron chi connectivity index (χ4n) is 2.90. The highest BCUT2D eigenvalue weighted by Gasteiger charge is 2.24. The molecule has 0 spiro atoms. The summed E-state index contributed by atoms with van der Waals surface area (Å²) in [4.78, 5) is 17.9. The first-order valence-corrected chi connectivity index (χ1v) is 6.98. The largest absolute Gasteiger partial charge is 0.478 e. The summed E-state index contributed by atoms with van der Waals surface area (Å²) in [6.07, 6.45) is 2.07. The van der Waals surface area contributed by atoms with E-state index in [0.717, 1.165) is 43.9 Å². The number of methoxy groups -OCH3 is 1. The lowest BCUT2D eigenvalue weighted by molar-refractivity contribution is 0.0696. The maximum absolute atomic E-state index is 11.5. The van der Waals surface area contributed by atoms with E-state index in [1.807, 2.05) is 13.0 Å². The third kappa shape index (κ3) is 3.10. The topological polar surface area (TPSA) is 62.7 Å². The predicted molar refractivity (Wildman–Crippen MR) is 77.5 cm³/mol. The van der Waals surface area contributed by atoms with Gasteiger partial charge in [0.2, 0.25) is 0 Å². The molecule has 5 nitrogen and oxygen atoms in total. The van der Waals surface area contributed by atoms with Crippen LogP contribution in [0.3, 0.4) is 0 Å². The molecule has 2 heterocycles.